The summed E-state index contributed by atoms with van der Waals surface area (Å²) in [7, 11) is 0. The first-order valence-corrected chi connectivity index (χ1v) is 8.15. The minimum absolute atomic E-state index is 0.0836. The van der Waals surface area contributed by atoms with Gasteiger partial charge in [0.15, 0.2) is 0 Å². The van der Waals surface area contributed by atoms with Crippen LogP contribution in [0.4, 0.5) is 11.4 Å². The summed E-state index contributed by atoms with van der Waals surface area (Å²) in [6.07, 6.45) is 0.122. The quantitative estimate of drug-likeness (QED) is 0.610. The zero-order valence-electron chi connectivity index (χ0n) is 13.9. The molecule has 134 valence electrons. The second kappa shape index (κ2) is 7.64. The maximum absolute atomic E-state index is 12.3. The van der Waals surface area contributed by atoms with Crippen LogP contribution in [0.3, 0.4) is 0 Å². The molecule has 0 spiro atoms. The highest BCUT2D eigenvalue weighted by Gasteiger charge is 2.34. The Morgan fingerprint density at radius 1 is 1.15 bits per heavy atom. The molecule has 1 heterocycles. The highest BCUT2D eigenvalue weighted by atomic mass is 16.6. The van der Waals surface area contributed by atoms with Gasteiger partial charge in [-0.1, -0.05) is 42.5 Å². The first-order valence-electron chi connectivity index (χ1n) is 8.15. The van der Waals surface area contributed by atoms with Crippen LogP contribution >= 0.6 is 0 Å². The normalized spacial score (nSPS) is 16.4. The molecule has 3 rings (SSSR count). The number of para-hydroxylation sites is 2. The van der Waals surface area contributed by atoms with Crippen LogP contribution in [0.1, 0.15) is 12.0 Å². The van der Waals surface area contributed by atoms with Crippen LogP contribution in [0.25, 0.3) is 0 Å². The summed E-state index contributed by atoms with van der Waals surface area (Å²) in [6.45, 7) is 0.777. The van der Waals surface area contributed by atoms with Crippen molar-refractivity contribution >= 4 is 23.2 Å². The zero-order chi connectivity index (χ0) is 18.5. The highest BCUT2D eigenvalue weighted by molar-refractivity contribution is 5.89. The number of hydrogen-bond donors (Lipinski definition) is 2. The van der Waals surface area contributed by atoms with Gasteiger partial charge in [-0.05, 0) is 11.6 Å². The molecule has 2 amide bonds. The van der Waals surface area contributed by atoms with E-state index in [1.165, 1.54) is 12.1 Å². The molecule has 2 aromatic carbocycles. The molecule has 0 saturated carbocycles. The lowest BCUT2D eigenvalue weighted by molar-refractivity contribution is -0.384. The summed E-state index contributed by atoms with van der Waals surface area (Å²) in [5.74, 6) is -0.951. The zero-order valence-corrected chi connectivity index (χ0v) is 13.9. The van der Waals surface area contributed by atoms with Crippen LogP contribution in [0.2, 0.25) is 0 Å². The van der Waals surface area contributed by atoms with Gasteiger partial charge in [-0.25, -0.2) is 0 Å². The number of anilines is 1. The minimum atomic E-state index is -0.533. The summed E-state index contributed by atoms with van der Waals surface area (Å²) < 4.78 is 0. The molecule has 0 unspecified atom stereocenters. The Kier molecular flexibility index (Phi) is 5.12. The van der Waals surface area contributed by atoms with E-state index >= 15 is 0 Å². The Hall–Kier alpha value is -3.42. The Morgan fingerprint density at radius 2 is 1.85 bits per heavy atom. The molecule has 8 heteroatoms. The maximum atomic E-state index is 12.3. The summed E-state index contributed by atoms with van der Waals surface area (Å²) >= 11 is 0. The predicted molar refractivity (Wildman–Crippen MR) is 94.8 cm³/mol. The largest absolute Gasteiger partial charge is 0.338 e. The van der Waals surface area contributed by atoms with Gasteiger partial charge in [0.1, 0.15) is 5.69 Å². The molecule has 2 N–H and O–H groups in total. The lowest BCUT2D eigenvalue weighted by Gasteiger charge is -2.17. The van der Waals surface area contributed by atoms with E-state index in [0.717, 1.165) is 5.56 Å². The van der Waals surface area contributed by atoms with Crippen molar-refractivity contribution in [1.82, 2.24) is 10.3 Å². The first-order chi connectivity index (χ1) is 12.5. The van der Waals surface area contributed by atoms with Crippen LogP contribution in [-0.2, 0) is 16.1 Å². The number of nitro benzene ring substituents is 1. The number of nitrogens with one attached hydrogen (secondary N) is 2. The number of hydrogen-bond acceptors (Lipinski definition) is 5. The SMILES string of the molecule is O=C(NNc1ccccc1[N+](=O)[O-])[C@@H]1CC(=O)N(Cc2ccccc2)C1. The third-order valence-corrected chi connectivity index (χ3v) is 4.22. The first kappa shape index (κ1) is 17.4. The van der Waals surface area contributed by atoms with Crippen molar-refractivity contribution in [2.45, 2.75) is 13.0 Å². The summed E-state index contributed by atoms with van der Waals surface area (Å²) in [5.41, 5.74) is 6.10. The fourth-order valence-corrected chi connectivity index (χ4v) is 2.87. The Morgan fingerprint density at radius 3 is 2.58 bits per heavy atom. The topological polar surface area (TPSA) is 105 Å². The van der Waals surface area contributed by atoms with Gasteiger partial charge in [0, 0.05) is 25.6 Å². The molecule has 1 saturated heterocycles. The van der Waals surface area contributed by atoms with Crippen molar-refractivity contribution in [1.29, 1.82) is 0 Å². The van der Waals surface area contributed by atoms with Crippen molar-refractivity contribution in [2.24, 2.45) is 5.92 Å². The fraction of sp³-hybridized carbons (Fsp3) is 0.222. The van der Waals surface area contributed by atoms with Crippen LogP contribution in [0.15, 0.2) is 54.6 Å². The van der Waals surface area contributed by atoms with E-state index in [1.54, 1.807) is 17.0 Å². The van der Waals surface area contributed by atoms with Crippen LogP contribution < -0.4 is 10.9 Å². The minimum Gasteiger partial charge on any atom is -0.338 e. The van der Waals surface area contributed by atoms with E-state index in [2.05, 4.69) is 10.9 Å². The molecule has 8 nitrogen and oxygen atoms in total. The number of rotatable bonds is 6. The van der Waals surface area contributed by atoms with E-state index in [0.29, 0.717) is 13.1 Å². The van der Waals surface area contributed by atoms with Crippen molar-refractivity contribution < 1.29 is 14.5 Å². The molecule has 1 fully saturated rings. The number of hydrazine groups is 1. The average molecular weight is 354 g/mol. The van der Waals surface area contributed by atoms with Crippen LogP contribution in [0.5, 0.6) is 0 Å². The van der Waals surface area contributed by atoms with Gasteiger partial charge >= 0.3 is 0 Å². The Labute approximate surface area is 149 Å². The molecule has 0 aliphatic carbocycles. The number of benzene rings is 2. The molecule has 0 bridgehead atoms. The number of carbonyl (C=O) groups excluding carboxylic acids is 2. The van der Waals surface area contributed by atoms with Gasteiger partial charge in [0.05, 0.1) is 10.8 Å². The van der Waals surface area contributed by atoms with Crippen LogP contribution in [-0.4, -0.2) is 28.2 Å². The number of likely N-dealkylation sites (tertiary alicyclic amines) is 1. The lowest BCUT2D eigenvalue weighted by Crippen LogP contribution is -2.36. The summed E-state index contributed by atoms with van der Waals surface area (Å²) in [4.78, 5) is 36.6. The molecule has 1 atom stereocenters. The van der Waals surface area contributed by atoms with Crippen molar-refractivity contribution in [3.8, 4) is 0 Å². The average Bonchev–Trinajstić information content (AvgIpc) is 3.01. The van der Waals surface area contributed by atoms with E-state index in [9.17, 15) is 19.7 Å². The Balaban J connectivity index is 1.58. The summed E-state index contributed by atoms with van der Waals surface area (Å²) in [6, 6.07) is 15.6. The van der Waals surface area contributed by atoms with Crippen LogP contribution in [0, 0.1) is 16.0 Å². The molecule has 1 aliphatic heterocycles. The third kappa shape index (κ3) is 3.97. The van der Waals surface area contributed by atoms with E-state index in [1.807, 2.05) is 30.3 Å². The number of nitro groups is 1. The van der Waals surface area contributed by atoms with E-state index in [4.69, 9.17) is 0 Å². The molecule has 0 aromatic heterocycles. The van der Waals surface area contributed by atoms with Gasteiger partial charge in [0.2, 0.25) is 11.8 Å². The third-order valence-electron chi connectivity index (χ3n) is 4.22. The van der Waals surface area contributed by atoms with Gasteiger partial charge in [-0.2, -0.15) is 0 Å². The predicted octanol–water partition coefficient (Wildman–Crippen LogP) is 2.09. The molecular formula is C18H18N4O4. The second-order valence-electron chi connectivity index (χ2n) is 6.05. The monoisotopic (exact) mass is 354 g/mol. The van der Waals surface area contributed by atoms with E-state index < -0.39 is 10.8 Å². The second-order valence-corrected chi connectivity index (χ2v) is 6.05. The highest BCUT2D eigenvalue weighted by Crippen LogP contribution is 2.23. The number of amides is 2. The van der Waals surface area contributed by atoms with E-state index in [-0.39, 0.29) is 29.6 Å². The van der Waals surface area contributed by atoms with Gasteiger partial charge in [-0.3, -0.25) is 30.6 Å². The fourth-order valence-electron chi connectivity index (χ4n) is 2.87. The standard InChI is InChI=1S/C18H18N4O4/c23-17-10-14(12-21(17)11-13-6-2-1-3-7-13)18(24)20-19-15-8-4-5-9-16(15)22(25)26/h1-9,14,19H,10-12H2,(H,20,24)/t14-/m1/s1. The smallest absolute Gasteiger partial charge is 0.294 e. The molecule has 1 aliphatic rings. The van der Waals surface area contributed by atoms with Crippen molar-refractivity contribution in [3.05, 3.63) is 70.3 Å². The van der Waals surface area contributed by atoms with Gasteiger partial charge in [0.25, 0.3) is 5.69 Å². The van der Waals surface area contributed by atoms with Crippen molar-refractivity contribution in [3.63, 3.8) is 0 Å². The van der Waals surface area contributed by atoms with Gasteiger partial charge < -0.3 is 4.90 Å². The molecule has 0 radical (unpaired) electrons. The van der Waals surface area contributed by atoms with Gasteiger partial charge in [-0.15, -0.1) is 0 Å². The van der Waals surface area contributed by atoms with Crippen molar-refractivity contribution in [2.75, 3.05) is 12.0 Å². The molecule has 2 aromatic rings. The maximum Gasteiger partial charge on any atom is 0.294 e. The molecule has 26 heavy (non-hydrogen) atoms. The molecular weight excluding hydrogens is 336 g/mol. The summed E-state index contributed by atoms with van der Waals surface area (Å²) in [5, 5.41) is 11.0. The lowest BCUT2D eigenvalue weighted by atomic mass is 10.1. The number of nitrogens with zero attached hydrogens (tertiary/aromatic N) is 2. The Bertz CT molecular complexity index is 825. The number of carbonyl (C=O) groups is 2.